The minimum atomic E-state index is -0.394. The van der Waals surface area contributed by atoms with Crippen molar-refractivity contribution in [3.63, 3.8) is 0 Å². The van der Waals surface area contributed by atoms with Crippen molar-refractivity contribution in [1.29, 1.82) is 0 Å². The van der Waals surface area contributed by atoms with E-state index < -0.39 is 5.79 Å². The van der Waals surface area contributed by atoms with E-state index in [4.69, 9.17) is 9.47 Å². The third kappa shape index (κ3) is 6.39. The van der Waals surface area contributed by atoms with Gasteiger partial charge in [-0.2, -0.15) is 0 Å². The summed E-state index contributed by atoms with van der Waals surface area (Å²) in [6.45, 7) is 14.3. The maximum absolute atomic E-state index is 5.77. The van der Waals surface area contributed by atoms with Crippen molar-refractivity contribution in [3.8, 4) is 0 Å². The van der Waals surface area contributed by atoms with Gasteiger partial charge in [-0.05, 0) is 25.2 Å². The minimum absolute atomic E-state index is 0.394. The molecule has 14 heavy (non-hydrogen) atoms. The number of ether oxygens (including phenoxy) is 2. The van der Waals surface area contributed by atoms with Crippen LogP contribution in [0.3, 0.4) is 0 Å². The van der Waals surface area contributed by atoms with Gasteiger partial charge in [0.15, 0.2) is 5.79 Å². The molecule has 0 atom stereocenters. The zero-order chi connectivity index (χ0) is 11.2. The number of hydrogen-bond acceptors (Lipinski definition) is 2. The van der Waals surface area contributed by atoms with E-state index in [-0.39, 0.29) is 0 Å². The highest BCUT2D eigenvalue weighted by atomic mass is 16.7. The standard InChI is InChI=1S/C12H26O2/c1-7-12(6,13-8-10(2)3)14-9-11(4)5/h10-11H,7-9H2,1-6H3. The predicted octanol–water partition coefficient (Wildman–Crippen LogP) is 3.46. The van der Waals surface area contributed by atoms with E-state index in [9.17, 15) is 0 Å². The highest BCUT2D eigenvalue weighted by molar-refractivity contribution is 4.61. The zero-order valence-corrected chi connectivity index (χ0v) is 10.6. The van der Waals surface area contributed by atoms with Crippen molar-refractivity contribution in [2.24, 2.45) is 11.8 Å². The second kappa shape index (κ2) is 6.41. The van der Waals surface area contributed by atoms with Gasteiger partial charge in [0.05, 0.1) is 13.2 Å². The van der Waals surface area contributed by atoms with Crippen LogP contribution in [0.2, 0.25) is 0 Å². The molecular formula is C12H26O2. The first-order chi connectivity index (χ1) is 6.39. The van der Waals surface area contributed by atoms with Gasteiger partial charge in [0.2, 0.25) is 0 Å². The average molecular weight is 202 g/mol. The molecule has 0 fully saturated rings. The summed E-state index contributed by atoms with van der Waals surface area (Å²) in [5.41, 5.74) is 0. The molecule has 0 aromatic carbocycles. The summed E-state index contributed by atoms with van der Waals surface area (Å²) in [5, 5.41) is 0. The predicted molar refractivity (Wildman–Crippen MR) is 60.3 cm³/mol. The Labute approximate surface area is 89.0 Å². The topological polar surface area (TPSA) is 18.5 Å². The maximum atomic E-state index is 5.77. The van der Waals surface area contributed by atoms with Crippen LogP contribution in [-0.4, -0.2) is 19.0 Å². The van der Waals surface area contributed by atoms with Crippen molar-refractivity contribution in [2.45, 2.75) is 53.8 Å². The first-order valence-electron chi connectivity index (χ1n) is 5.67. The van der Waals surface area contributed by atoms with Crippen molar-refractivity contribution in [1.82, 2.24) is 0 Å². The van der Waals surface area contributed by atoms with E-state index in [1.54, 1.807) is 0 Å². The maximum Gasteiger partial charge on any atom is 0.165 e. The summed E-state index contributed by atoms with van der Waals surface area (Å²) in [5.74, 6) is 0.723. The summed E-state index contributed by atoms with van der Waals surface area (Å²) in [4.78, 5) is 0. The van der Waals surface area contributed by atoms with Gasteiger partial charge >= 0.3 is 0 Å². The van der Waals surface area contributed by atoms with E-state index >= 15 is 0 Å². The van der Waals surface area contributed by atoms with Crippen molar-refractivity contribution in [2.75, 3.05) is 13.2 Å². The van der Waals surface area contributed by atoms with Gasteiger partial charge in [0.1, 0.15) is 0 Å². The fourth-order valence-corrected chi connectivity index (χ4v) is 0.932. The summed E-state index contributed by atoms with van der Waals surface area (Å²) in [7, 11) is 0. The highest BCUT2D eigenvalue weighted by Crippen LogP contribution is 2.19. The van der Waals surface area contributed by atoms with Crippen LogP contribution in [0.1, 0.15) is 48.0 Å². The zero-order valence-electron chi connectivity index (χ0n) is 10.6. The van der Waals surface area contributed by atoms with Crippen molar-refractivity contribution >= 4 is 0 Å². The molecule has 0 aromatic heterocycles. The summed E-state index contributed by atoms with van der Waals surface area (Å²) >= 11 is 0. The third-order valence-corrected chi connectivity index (χ3v) is 2.09. The second-order valence-electron chi connectivity index (χ2n) is 4.90. The average Bonchev–Trinajstić information content (AvgIpc) is 2.11. The molecule has 0 saturated carbocycles. The first-order valence-corrected chi connectivity index (χ1v) is 5.67. The van der Waals surface area contributed by atoms with Crippen LogP contribution in [0.5, 0.6) is 0 Å². The monoisotopic (exact) mass is 202 g/mol. The van der Waals surface area contributed by atoms with Gasteiger partial charge in [0, 0.05) is 0 Å². The highest BCUT2D eigenvalue weighted by Gasteiger charge is 2.23. The number of rotatable bonds is 7. The summed E-state index contributed by atoms with van der Waals surface area (Å²) in [6.07, 6.45) is 0.895. The van der Waals surface area contributed by atoms with Gasteiger partial charge < -0.3 is 9.47 Å². The molecule has 0 amide bonds. The molecule has 2 heteroatoms. The Morgan fingerprint density at radius 1 is 0.929 bits per heavy atom. The lowest BCUT2D eigenvalue weighted by Gasteiger charge is -2.30. The fourth-order valence-electron chi connectivity index (χ4n) is 0.932. The lowest BCUT2D eigenvalue weighted by atomic mass is 10.2. The molecule has 0 unspecified atom stereocenters. The van der Waals surface area contributed by atoms with Crippen LogP contribution in [0.25, 0.3) is 0 Å². The van der Waals surface area contributed by atoms with Crippen molar-refractivity contribution < 1.29 is 9.47 Å². The van der Waals surface area contributed by atoms with Crippen LogP contribution in [0, 0.1) is 11.8 Å². The lowest BCUT2D eigenvalue weighted by molar-refractivity contribution is -0.235. The Kier molecular flexibility index (Phi) is 6.38. The Morgan fingerprint density at radius 2 is 1.29 bits per heavy atom. The van der Waals surface area contributed by atoms with Crippen LogP contribution in [-0.2, 0) is 9.47 Å². The molecule has 0 aliphatic heterocycles. The molecular weight excluding hydrogens is 176 g/mol. The van der Waals surface area contributed by atoms with Gasteiger partial charge in [-0.3, -0.25) is 0 Å². The molecule has 0 saturated heterocycles. The summed E-state index contributed by atoms with van der Waals surface area (Å²) in [6, 6.07) is 0. The molecule has 0 rings (SSSR count). The lowest BCUT2D eigenvalue weighted by Crippen LogP contribution is -2.34. The SMILES string of the molecule is CCC(C)(OCC(C)C)OCC(C)C. The quantitative estimate of drug-likeness (QED) is 0.589. The Balaban J connectivity index is 3.91. The van der Waals surface area contributed by atoms with E-state index in [0.717, 1.165) is 19.6 Å². The van der Waals surface area contributed by atoms with Crippen LogP contribution >= 0.6 is 0 Å². The van der Waals surface area contributed by atoms with Crippen LogP contribution in [0.15, 0.2) is 0 Å². The molecule has 0 bridgehead atoms. The Hall–Kier alpha value is -0.0800. The molecule has 0 aliphatic rings. The molecule has 2 nitrogen and oxygen atoms in total. The molecule has 0 aromatic rings. The van der Waals surface area contributed by atoms with E-state index in [0.29, 0.717) is 11.8 Å². The molecule has 0 radical (unpaired) electrons. The summed E-state index contributed by atoms with van der Waals surface area (Å²) < 4.78 is 11.5. The molecule has 0 heterocycles. The normalized spacial score (nSPS) is 12.9. The van der Waals surface area contributed by atoms with Crippen LogP contribution < -0.4 is 0 Å². The second-order valence-corrected chi connectivity index (χ2v) is 4.90. The van der Waals surface area contributed by atoms with E-state index in [2.05, 4.69) is 34.6 Å². The first kappa shape index (κ1) is 13.9. The Morgan fingerprint density at radius 3 is 1.50 bits per heavy atom. The molecule has 0 N–H and O–H groups in total. The molecule has 86 valence electrons. The van der Waals surface area contributed by atoms with E-state index in [1.165, 1.54) is 0 Å². The van der Waals surface area contributed by atoms with E-state index in [1.807, 2.05) is 6.92 Å². The smallest absolute Gasteiger partial charge is 0.165 e. The number of hydrogen-bond donors (Lipinski definition) is 0. The fraction of sp³-hybridized carbons (Fsp3) is 1.00. The van der Waals surface area contributed by atoms with Gasteiger partial charge in [0.25, 0.3) is 0 Å². The largest absolute Gasteiger partial charge is 0.350 e. The van der Waals surface area contributed by atoms with Crippen LogP contribution in [0.4, 0.5) is 0 Å². The molecule has 0 aliphatic carbocycles. The van der Waals surface area contributed by atoms with Gasteiger partial charge in [-0.15, -0.1) is 0 Å². The third-order valence-electron chi connectivity index (χ3n) is 2.09. The minimum Gasteiger partial charge on any atom is -0.350 e. The van der Waals surface area contributed by atoms with Gasteiger partial charge in [-0.25, -0.2) is 0 Å². The Bertz CT molecular complexity index is 129. The molecule has 0 spiro atoms. The van der Waals surface area contributed by atoms with Crippen molar-refractivity contribution in [3.05, 3.63) is 0 Å². The van der Waals surface area contributed by atoms with Gasteiger partial charge in [-0.1, -0.05) is 34.6 Å².